The Balaban J connectivity index is 1.72. The predicted molar refractivity (Wildman–Crippen MR) is 88.5 cm³/mol. The number of hydrogen-bond acceptors (Lipinski definition) is 3. The predicted octanol–water partition coefficient (Wildman–Crippen LogP) is 2.29. The highest BCUT2D eigenvalue weighted by molar-refractivity contribution is 5.21. The van der Waals surface area contributed by atoms with Crippen LogP contribution in [-0.4, -0.2) is 54.6 Å². The number of benzene rings is 1. The van der Waals surface area contributed by atoms with Crippen molar-refractivity contribution in [1.82, 2.24) is 9.80 Å². The quantitative estimate of drug-likeness (QED) is 0.906. The van der Waals surface area contributed by atoms with Crippen molar-refractivity contribution in [2.45, 2.75) is 50.2 Å². The van der Waals surface area contributed by atoms with E-state index in [0.29, 0.717) is 24.0 Å². The molecular weight excluding hydrogens is 258 g/mol. The van der Waals surface area contributed by atoms with Crippen molar-refractivity contribution in [3.8, 4) is 0 Å². The number of nitrogens with zero attached hydrogens (tertiary/aromatic N) is 2. The van der Waals surface area contributed by atoms with Crippen LogP contribution >= 0.6 is 0 Å². The molecule has 0 radical (unpaired) electrons. The van der Waals surface area contributed by atoms with Gasteiger partial charge in [-0.05, 0) is 44.7 Å². The molecular formula is C18H29N3. The molecule has 21 heavy (non-hydrogen) atoms. The van der Waals surface area contributed by atoms with Gasteiger partial charge >= 0.3 is 0 Å². The first kappa shape index (κ1) is 15.0. The highest BCUT2D eigenvalue weighted by Gasteiger charge is 2.36. The van der Waals surface area contributed by atoms with Gasteiger partial charge in [0.1, 0.15) is 0 Å². The first-order chi connectivity index (χ1) is 10.1. The van der Waals surface area contributed by atoms with Crippen LogP contribution in [0.4, 0.5) is 0 Å². The minimum atomic E-state index is 0.343. The van der Waals surface area contributed by atoms with Crippen molar-refractivity contribution in [1.29, 1.82) is 0 Å². The zero-order valence-corrected chi connectivity index (χ0v) is 13.4. The van der Waals surface area contributed by atoms with Crippen LogP contribution < -0.4 is 5.73 Å². The molecule has 1 aliphatic heterocycles. The van der Waals surface area contributed by atoms with E-state index in [1.807, 2.05) is 0 Å². The van der Waals surface area contributed by atoms with Gasteiger partial charge in [0, 0.05) is 37.8 Å². The fourth-order valence-electron chi connectivity index (χ4n) is 4.23. The molecule has 2 aliphatic rings. The van der Waals surface area contributed by atoms with Crippen LogP contribution in [0.25, 0.3) is 0 Å². The van der Waals surface area contributed by atoms with E-state index in [2.05, 4.69) is 54.1 Å². The molecule has 3 rings (SSSR count). The van der Waals surface area contributed by atoms with Crippen molar-refractivity contribution < 1.29 is 0 Å². The van der Waals surface area contributed by atoms with E-state index < -0.39 is 0 Å². The summed E-state index contributed by atoms with van der Waals surface area (Å²) >= 11 is 0. The Hall–Kier alpha value is -0.900. The van der Waals surface area contributed by atoms with Crippen molar-refractivity contribution in [3.05, 3.63) is 35.9 Å². The molecule has 2 N–H and O–H groups in total. The standard InChI is InChI=1S/C18H29N3/c1-14-13-20(2)10-11-21(14)18-12-16(8-9-17(18)19)15-6-4-3-5-7-15/h3-7,14,16-18H,8-13,19H2,1-2H3. The Morgan fingerprint density at radius 1 is 1.10 bits per heavy atom. The molecule has 0 spiro atoms. The molecule has 4 atom stereocenters. The molecule has 2 fully saturated rings. The molecule has 0 amide bonds. The van der Waals surface area contributed by atoms with Gasteiger partial charge in [0.2, 0.25) is 0 Å². The van der Waals surface area contributed by atoms with Gasteiger partial charge in [-0.2, -0.15) is 0 Å². The molecule has 1 aromatic rings. The van der Waals surface area contributed by atoms with Crippen LogP contribution in [0.5, 0.6) is 0 Å². The lowest BCUT2D eigenvalue weighted by Crippen LogP contribution is -2.60. The summed E-state index contributed by atoms with van der Waals surface area (Å²) in [6.07, 6.45) is 3.62. The summed E-state index contributed by atoms with van der Waals surface area (Å²) < 4.78 is 0. The summed E-state index contributed by atoms with van der Waals surface area (Å²) in [5, 5.41) is 0. The number of likely N-dealkylation sites (N-methyl/N-ethyl adjacent to an activating group) is 1. The van der Waals surface area contributed by atoms with E-state index in [0.717, 1.165) is 13.0 Å². The molecule has 1 aromatic carbocycles. The molecule has 0 aromatic heterocycles. The third-order valence-electron chi connectivity index (χ3n) is 5.45. The van der Waals surface area contributed by atoms with Gasteiger partial charge in [-0.3, -0.25) is 4.90 Å². The summed E-state index contributed by atoms with van der Waals surface area (Å²) in [6.45, 7) is 5.86. The normalized spacial score (nSPS) is 35.8. The second-order valence-corrected chi connectivity index (χ2v) is 7.00. The average molecular weight is 287 g/mol. The van der Waals surface area contributed by atoms with E-state index in [1.54, 1.807) is 0 Å². The van der Waals surface area contributed by atoms with E-state index in [1.165, 1.54) is 31.5 Å². The third-order valence-corrected chi connectivity index (χ3v) is 5.45. The molecule has 1 saturated carbocycles. The summed E-state index contributed by atoms with van der Waals surface area (Å²) in [5.74, 6) is 0.683. The third kappa shape index (κ3) is 3.31. The molecule has 1 aliphatic carbocycles. The molecule has 4 unspecified atom stereocenters. The fraction of sp³-hybridized carbons (Fsp3) is 0.667. The summed E-state index contributed by atoms with van der Waals surface area (Å²) in [6, 6.07) is 12.5. The average Bonchev–Trinajstić information content (AvgIpc) is 2.49. The molecule has 1 heterocycles. The van der Waals surface area contributed by atoms with Gasteiger partial charge in [-0.25, -0.2) is 0 Å². The number of rotatable bonds is 2. The van der Waals surface area contributed by atoms with Crippen LogP contribution in [-0.2, 0) is 0 Å². The maximum absolute atomic E-state index is 6.49. The van der Waals surface area contributed by atoms with Crippen molar-refractivity contribution >= 4 is 0 Å². The molecule has 3 nitrogen and oxygen atoms in total. The fourth-order valence-corrected chi connectivity index (χ4v) is 4.23. The van der Waals surface area contributed by atoms with Crippen molar-refractivity contribution in [2.24, 2.45) is 5.73 Å². The Morgan fingerprint density at radius 3 is 2.57 bits per heavy atom. The van der Waals surface area contributed by atoms with Gasteiger partial charge in [-0.15, -0.1) is 0 Å². The Morgan fingerprint density at radius 2 is 1.86 bits per heavy atom. The van der Waals surface area contributed by atoms with Gasteiger partial charge in [0.15, 0.2) is 0 Å². The van der Waals surface area contributed by atoms with E-state index in [9.17, 15) is 0 Å². The summed E-state index contributed by atoms with van der Waals surface area (Å²) in [7, 11) is 2.22. The van der Waals surface area contributed by atoms with Crippen LogP contribution in [0, 0.1) is 0 Å². The second-order valence-electron chi connectivity index (χ2n) is 7.00. The minimum Gasteiger partial charge on any atom is -0.326 e. The highest BCUT2D eigenvalue weighted by Crippen LogP contribution is 2.35. The summed E-state index contributed by atoms with van der Waals surface area (Å²) in [4.78, 5) is 5.12. The first-order valence-corrected chi connectivity index (χ1v) is 8.40. The first-order valence-electron chi connectivity index (χ1n) is 8.40. The molecule has 0 bridgehead atoms. The number of piperazine rings is 1. The molecule has 3 heteroatoms. The van der Waals surface area contributed by atoms with Gasteiger partial charge in [0.25, 0.3) is 0 Å². The highest BCUT2D eigenvalue weighted by atomic mass is 15.3. The number of nitrogens with two attached hydrogens (primary N) is 1. The van der Waals surface area contributed by atoms with Crippen LogP contribution in [0.1, 0.15) is 37.7 Å². The lowest BCUT2D eigenvalue weighted by molar-refractivity contribution is 0.0331. The zero-order chi connectivity index (χ0) is 14.8. The molecule has 116 valence electrons. The SMILES string of the molecule is CC1CN(C)CCN1C1CC(c2ccccc2)CCC1N. The van der Waals surface area contributed by atoms with Crippen molar-refractivity contribution in [3.63, 3.8) is 0 Å². The van der Waals surface area contributed by atoms with E-state index >= 15 is 0 Å². The maximum atomic E-state index is 6.49. The second kappa shape index (κ2) is 6.47. The smallest absolute Gasteiger partial charge is 0.0256 e. The largest absolute Gasteiger partial charge is 0.326 e. The van der Waals surface area contributed by atoms with E-state index in [-0.39, 0.29) is 0 Å². The van der Waals surface area contributed by atoms with Crippen LogP contribution in [0.15, 0.2) is 30.3 Å². The Kier molecular flexibility index (Phi) is 4.63. The van der Waals surface area contributed by atoms with Gasteiger partial charge in [-0.1, -0.05) is 30.3 Å². The monoisotopic (exact) mass is 287 g/mol. The van der Waals surface area contributed by atoms with Gasteiger partial charge in [0.05, 0.1) is 0 Å². The van der Waals surface area contributed by atoms with E-state index in [4.69, 9.17) is 5.73 Å². The van der Waals surface area contributed by atoms with Crippen molar-refractivity contribution in [2.75, 3.05) is 26.7 Å². The lowest BCUT2D eigenvalue weighted by atomic mass is 9.78. The zero-order valence-electron chi connectivity index (χ0n) is 13.4. The Bertz CT molecular complexity index is 447. The minimum absolute atomic E-state index is 0.343. The lowest BCUT2D eigenvalue weighted by Gasteiger charge is -2.48. The van der Waals surface area contributed by atoms with Crippen LogP contribution in [0.2, 0.25) is 0 Å². The maximum Gasteiger partial charge on any atom is 0.0256 e. The Labute approximate surface area is 129 Å². The summed E-state index contributed by atoms with van der Waals surface area (Å²) in [5.41, 5.74) is 7.99. The number of hydrogen-bond donors (Lipinski definition) is 1. The van der Waals surface area contributed by atoms with Crippen LogP contribution in [0.3, 0.4) is 0 Å². The van der Waals surface area contributed by atoms with Gasteiger partial charge < -0.3 is 10.6 Å². The topological polar surface area (TPSA) is 32.5 Å². The molecule has 1 saturated heterocycles.